The number of hydrogen-bond donors (Lipinski definition) is 0. The number of rotatable bonds is 2. The van der Waals surface area contributed by atoms with Crippen molar-refractivity contribution in [3.05, 3.63) is 60.2 Å². The lowest BCUT2D eigenvalue weighted by Gasteiger charge is -1.98. The van der Waals surface area contributed by atoms with Crippen LogP contribution in [0.15, 0.2) is 48.8 Å². The van der Waals surface area contributed by atoms with Gasteiger partial charge < -0.3 is 0 Å². The molecule has 2 heteroatoms. The van der Waals surface area contributed by atoms with Crippen molar-refractivity contribution in [3.63, 3.8) is 0 Å². The lowest BCUT2D eigenvalue weighted by molar-refractivity contribution is 1.01. The summed E-state index contributed by atoms with van der Waals surface area (Å²) in [5, 5.41) is 0. The maximum Gasteiger partial charge on any atom is 0.0463 e. The van der Waals surface area contributed by atoms with Gasteiger partial charge in [-0.25, -0.2) is 0 Å². The Labute approximate surface area is 132 Å². The van der Waals surface area contributed by atoms with Crippen molar-refractivity contribution in [2.45, 2.75) is 61.8 Å². The van der Waals surface area contributed by atoms with Crippen LogP contribution in [-0.2, 0) is 6.42 Å². The molecule has 0 atom stereocenters. The van der Waals surface area contributed by atoms with Crippen molar-refractivity contribution in [2.24, 2.45) is 0 Å². The summed E-state index contributed by atoms with van der Waals surface area (Å²) < 4.78 is 0. The zero-order valence-corrected chi connectivity index (χ0v) is 15.2. The predicted molar refractivity (Wildman–Crippen MR) is 96.7 cm³/mol. The molecule has 0 aliphatic rings. The molecule has 2 aromatic heterocycles. The van der Waals surface area contributed by atoms with Crippen LogP contribution in [0.2, 0.25) is 0 Å². The number of hydrogen-bond acceptors (Lipinski definition) is 2. The average molecular weight is 290 g/mol. The van der Waals surface area contributed by atoms with Gasteiger partial charge in [-0.1, -0.05) is 67.5 Å². The van der Waals surface area contributed by atoms with Gasteiger partial charge in [0.05, 0.1) is 0 Å². The highest BCUT2D eigenvalue weighted by molar-refractivity contribution is 5.14. The topological polar surface area (TPSA) is 25.8 Å². The first-order valence-corrected chi connectivity index (χ1v) is 8.25. The van der Waals surface area contributed by atoms with Crippen LogP contribution in [0.5, 0.6) is 0 Å². The molecule has 0 fully saturated rings. The van der Waals surface area contributed by atoms with Gasteiger partial charge in [0.15, 0.2) is 0 Å². The highest BCUT2D eigenvalue weighted by Crippen LogP contribution is 2.02. The highest BCUT2D eigenvalue weighted by atomic mass is 14.7. The van der Waals surface area contributed by atoms with E-state index in [-0.39, 0.29) is 0 Å². The zero-order chi connectivity index (χ0) is 16.9. The van der Waals surface area contributed by atoms with E-state index in [0.29, 0.717) is 0 Å². The first-order valence-electron chi connectivity index (χ1n) is 8.25. The molecular weight excluding hydrogens is 256 g/mol. The first-order chi connectivity index (χ1) is 10.4. The lowest BCUT2D eigenvalue weighted by atomic mass is 10.2. The Balaban J connectivity index is -0.000000353. The molecule has 0 radical (unpaired) electrons. The van der Waals surface area contributed by atoms with Gasteiger partial charge >= 0.3 is 0 Å². The van der Waals surface area contributed by atoms with E-state index in [4.69, 9.17) is 0 Å². The largest absolute Gasteiger partial charge is 0.261 e. The molecule has 2 aromatic rings. The van der Waals surface area contributed by atoms with Gasteiger partial charge in [-0.15, -0.1) is 0 Å². The Bertz CT molecular complexity index is 320. The second-order valence-corrected chi connectivity index (χ2v) is 2.82. The van der Waals surface area contributed by atoms with Gasteiger partial charge in [0.2, 0.25) is 0 Å². The van der Waals surface area contributed by atoms with Crippen LogP contribution in [0.25, 0.3) is 0 Å². The maximum atomic E-state index is 4.23. The standard InChI is InChI=1S/C11H10N2.4C2H6/c1-3-7-12-10(5-1)9-11-6-2-4-8-13-11;4*1-2/h1-8H,9H2;4*1-2H3. The predicted octanol–water partition coefficient (Wildman–Crippen LogP) is 6.17. The molecule has 0 saturated carbocycles. The normalized spacial score (nSPS) is 7.24. The third-order valence-electron chi connectivity index (χ3n) is 1.81. The summed E-state index contributed by atoms with van der Waals surface area (Å²) in [6.07, 6.45) is 4.41. The SMILES string of the molecule is CC.CC.CC.CC.c1ccc(Cc2ccccn2)nc1. The van der Waals surface area contributed by atoms with Crippen LogP contribution in [0.1, 0.15) is 66.8 Å². The van der Waals surface area contributed by atoms with E-state index in [1.807, 2.05) is 91.8 Å². The molecule has 21 heavy (non-hydrogen) atoms. The Kier molecular flexibility index (Phi) is 27.1. The quantitative estimate of drug-likeness (QED) is 0.660. The molecule has 0 unspecified atom stereocenters. The molecule has 2 heterocycles. The van der Waals surface area contributed by atoms with Crippen LogP contribution in [0.4, 0.5) is 0 Å². The van der Waals surface area contributed by atoms with E-state index in [9.17, 15) is 0 Å². The number of nitrogens with zero attached hydrogens (tertiary/aromatic N) is 2. The van der Waals surface area contributed by atoms with Crippen molar-refractivity contribution in [2.75, 3.05) is 0 Å². The summed E-state index contributed by atoms with van der Waals surface area (Å²) in [6, 6.07) is 11.8. The van der Waals surface area contributed by atoms with Crippen molar-refractivity contribution in [3.8, 4) is 0 Å². The molecule has 0 spiro atoms. The van der Waals surface area contributed by atoms with Crippen LogP contribution in [0.3, 0.4) is 0 Å². The van der Waals surface area contributed by atoms with E-state index in [2.05, 4.69) is 9.97 Å². The van der Waals surface area contributed by atoms with Gasteiger partial charge in [-0.3, -0.25) is 9.97 Å². The van der Waals surface area contributed by atoms with Gasteiger partial charge in [0.25, 0.3) is 0 Å². The molecule has 0 aromatic carbocycles. The van der Waals surface area contributed by atoms with E-state index in [1.165, 1.54) is 0 Å². The fraction of sp³-hybridized carbons (Fsp3) is 0.474. The summed E-state index contributed by atoms with van der Waals surface area (Å²) in [5.41, 5.74) is 2.11. The summed E-state index contributed by atoms with van der Waals surface area (Å²) in [4.78, 5) is 8.47. The minimum Gasteiger partial charge on any atom is -0.261 e. The smallest absolute Gasteiger partial charge is 0.0463 e. The molecule has 0 aliphatic carbocycles. The Morgan fingerprint density at radius 2 is 0.905 bits per heavy atom. The van der Waals surface area contributed by atoms with E-state index >= 15 is 0 Å². The van der Waals surface area contributed by atoms with Crippen molar-refractivity contribution < 1.29 is 0 Å². The van der Waals surface area contributed by atoms with Gasteiger partial charge in [0, 0.05) is 30.2 Å². The van der Waals surface area contributed by atoms with Crippen LogP contribution in [-0.4, -0.2) is 9.97 Å². The van der Waals surface area contributed by atoms with E-state index in [0.717, 1.165) is 17.8 Å². The molecule has 0 saturated heterocycles. The summed E-state index contributed by atoms with van der Waals surface area (Å²) in [5.74, 6) is 0. The minimum atomic E-state index is 0.807. The maximum absolute atomic E-state index is 4.23. The fourth-order valence-corrected chi connectivity index (χ4v) is 1.19. The van der Waals surface area contributed by atoms with E-state index < -0.39 is 0 Å². The van der Waals surface area contributed by atoms with Crippen LogP contribution in [0, 0.1) is 0 Å². The molecule has 0 amide bonds. The number of pyridine rings is 2. The van der Waals surface area contributed by atoms with Crippen LogP contribution >= 0.6 is 0 Å². The van der Waals surface area contributed by atoms with Gasteiger partial charge in [0.1, 0.15) is 0 Å². The third kappa shape index (κ3) is 14.5. The molecular formula is C19H34N2. The lowest BCUT2D eigenvalue weighted by Crippen LogP contribution is -1.92. The van der Waals surface area contributed by atoms with Crippen molar-refractivity contribution >= 4 is 0 Å². The van der Waals surface area contributed by atoms with Crippen LogP contribution < -0.4 is 0 Å². The molecule has 0 bridgehead atoms. The van der Waals surface area contributed by atoms with Crippen molar-refractivity contribution in [1.82, 2.24) is 9.97 Å². The summed E-state index contributed by atoms with van der Waals surface area (Å²) in [7, 11) is 0. The second-order valence-electron chi connectivity index (χ2n) is 2.82. The zero-order valence-electron chi connectivity index (χ0n) is 15.2. The van der Waals surface area contributed by atoms with Gasteiger partial charge in [-0.05, 0) is 24.3 Å². The Morgan fingerprint density at radius 3 is 1.14 bits per heavy atom. The molecule has 2 rings (SSSR count). The Hall–Kier alpha value is -1.70. The molecule has 2 nitrogen and oxygen atoms in total. The summed E-state index contributed by atoms with van der Waals surface area (Å²) >= 11 is 0. The molecule has 120 valence electrons. The first kappa shape index (κ1) is 24.3. The molecule has 0 N–H and O–H groups in total. The van der Waals surface area contributed by atoms with E-state index in [1.54, 1.807) is 12.4 Å². The Morgan fingerprint density at radius 1 is 0.571 bits per heavy atom. The second kappa shape index (κ2) is 23.4. The number of aromatic nitrogens is 2. The van der Waals surface area contributed by atoms with Gasteiger partial charge in [-0.2, -0.15) is 0 Å². The minimum absolute atomic E-state index is 0.807. The summed E-state index contributed by atoms with van der Waals surface area (Å²) in [6.45, 7) is 16.0. The van der Waals surface area contributed by atoms with Crippen molar-refractivity contribution in [1.29, 1.82) is 0 Å². The average Bonchev–Trinajstić information content (AvgIpc) is 2.64. The third-order valence-corrected chi connectivity index (χ3v) is 1.81. The highest BCUT2D eigenvalue weighted by Gasteiger charge is 1.95. The fourth-order valence-electron chi connectivity index (χ4n) is 1.19. The monoisotopic (exact) mass is 290 g/mol. The molecule has 0 aliphatic heterocycles.